The standard InChI is InChI=1S/C16H34O.C14H10/c1-4-7-8-9-10-11-12-13-14-17-15-16(5-2)6-3;1-2-6-12-10-14-8-4-3-7-13(14)9-11(12)5-1/h16H,4-15H2,1-3H3;1-10H. The summed E-state index contributed by atoms with van der Waals surface area (Å²) in [6.07, 6.45) is 13.6. The predicted molar refractivity (Wildman–Crippen MR) is 139 cm³/mol. The van der Waals surface area contributed by atoms with Crippen LogP contribution in [0.25, 0.3) is 21.5 Å². The molecule has 0 aliphatic carbocycles. The van der Waals surface area contributed by atoms with Gasteiger partial charge in [0.2, 0.25) is 0 Å². The van der Waals surface area contributed by atoms with Crippen LogP contribution >= 0.6 is 0 Å². The van der Waals surface area contributed by atoms with Crippen LogP contribution in [0.2, 0.25) is 0 Å². The van der Waals surface area contributed by atoms with E-state index < -0.39 is 0 Å². The van der Waals surface area contributed by atoms with E-state index in [1.165, 1.54) is 85.8 Å². The van der Waals surface area contributed by atoms with Crippen molar-refractivity contribution in [3.63, 3.8) is 0 Å². The highest BCUT2D eigenvalue weighted by Gasteiger charge is 2.02. The Bertz CT molecular complexity index is 729. The van der Waals surface area contributed by atoms with Gasteiger partial charge in [0.15, 0.2) is 0 Å². The normalized spacial score (nSPS) is 11.1. The highest BCUT2D eigenvalue weighted by Crippen LogP contribution is 2.22. The average Bonchev–Trinajstić information content (AvgIpc) is 2.82. The third-order valence-electron chi connectivity index (χ3n) is 6.26. The first kappa shape index (κ1) is 25.4. The Kier molecular flexibility index (Phi) is 13.0. The van der Waals surface area contributed by atoms with Crippen molar-refractivity contribution in [1.82, 2.24) is 0 Å². The average molecular weight is 421 g/mol. The van der Waals surface area contributed by atoms with Gasteiger partial charge in [0.1, 0.15) is 0 Å². The number of benzene rings is 3. The van der Waals surface area contributed by atoms with Gasteiger partial charge in [-0.2, -0.15) is 0 Å². The fraction of sp³-hybridized carbons (Fsp3) is 0.533. The summed E-state index contributed by atoms with van der Waals surface area (Å²) < 4.78 is 5.72. The predicted octanol–water partition coefficient (Wildman–Crippen LogP) is 9.57. The van der Waals surface area contributed by atoms with Crippen molar-refractivity contribution in [2.24, 2.45) is 5.92 Å². The Balaban J connectivity index is 0.000000222. The van der Waals surface area contributed by atoms with E-state index in [1.807, 2.05) is 0 Å². The Morgan fingerprint density at radius 3 is 1.42 bits per heavy atom. The maximum Gasteiger partial charge on any atom is 0.0494 e. The summed E-state index contributed by atoms with van der Waals surface area (Å²) in [5.74, 6) is 0.782. The molecule has 0 aliphatic rings. The first-order valence-electron chi connectivity index (χ1n) is 12.7. The third-order valence-corrected chi connectivity index (χ3v) is 6.26. The molecule has 0 saturated heterocycles. The highest BCUT2D eigenvalue weighted by atomic mass is 16.5. The molecule has 3 aromatic rings. The van der Waals surface area contributed by atoms with E-state index in [-0.39, 0.29) is 0 Å². The summed E-state index contributed by atoms with van der Waals surface area (Å²) in [6, 6.07) is 21.4. The Morgan fingerprint density at radius 1 is 0.581 bits per heavy atom. The minimum Gasteiger partial charge on any atom is -0.381 e. The number of hydrogen-bond acceptors (Lipinski definition) is 1. The molecule has 170 valence electrons. The van der Waals surface area contributed by atoms with Crippen LogP contribution in [-0.2, 0) is 4.74 Å². The topological polar surface area (TPSA) is 9.23 Å². The summed E-state index contributed by atoms with van der Waals surface area (Å²) in [4.78, 5) is 0. The van der Waals surface area contributed by atoms with Crippen molar-refractivity contribution in [1.29, 1.82) is 0 Å². The quantitative estimate of drug-likeness (QED) is 0.197. The van der Waals surface area contributed by atoms with Crippen LogP contribution in [0.4, 0.5) is 0 Å². The van der Waals surface area contributed by atoms with E-state index >= 15 is 0 Å². The van der Waals surface area contributed by atoms with Gasteiger partial charge in [-0.25, -0.2) is 0 Å². The second-order valence-corrected chi connectivity index (χ2v) is 8.78. The van der Waals surface area contributed by atoms with Gasteiger partial charge in [-0.15, -0.1) is 0 Å². The lowest BCUT2D eigenvalue weighted by Gasteiger charge is -2.12. The van der Waals surface area contributed by atoms with Crippen LogP contribution in [0.1, 0.15) is 85.0 Å². The van der Waals surface area contributed by atoms with Crippen molar-refractivity contribution in [2.45, 2.75) is 85.0 Å². The summed E-state index contributed by atoms with van der Waals surface area (Å²) in [6.45, 7) is 8.74. The van der Waals surface area contributed by atoms with Crippen molar-refractivity contribution in [3.8, 4) is 0 Å². The summed E-state index contributed by atoms with van der Waals surface area (Å²) in [5.41, 5.74) is 0. The Labute approximate surface area is 191 Å². The maximum absolute atomic E-state index is 5.72. The van der Waals surface area contributed by atoms with Gasteiger partial charge in [-0.05, 0) is 46.0 Å². The van der Waals surface area contributed by atoms with Gasteiger partial charge < -0.3 is 4.74 Å². The lowest BCUT2D eigenvalue weighted by molar-refractivity contribution is 0.0932. The number of fused-ring (bicyclic) bond motifs is 2. The zero-order chi connectivity index (χ0) is 22.2. The summed E-state index contributed by atoms with van der Waals surface area (Å²) in [5, 5.41) is 5.25. The SMILES string of the molecule is CCCCCCCCCCOCC(CC)CC.c1ccc2cc3ccccc3cc2c1. The molecule has 0 unspecified atom stereocenters. The molecule has 1 heteroatoms. The number of ether oxygens (including phenoxy) is 1. The molecule has 0 amide bonds. The zero-order valence-corrected chi connectivity index (χ0v) is 20.2. The van der Waals surface area contributed by atoms with E-state index in [1.54, 1.807) is 0 Å². The van der Waals surface area contributed by atoms with Crippen LogP contribution in [0.5, 0.6) is 0 Å². The van der Waals surface area contributed by atoms with Crippen LogP contribution < -0.4 is 0 Å². The monoisotopic (exact) mass is 420 g/mol. The molecule has 31 heavy (non-hydrogen) atoms. The second kappa shape index (κ2) is 15.9. The third kappa shape index (κ3) is 9.87. The molecular weight excluding hydrogens is 376 g/mol. The molecule has 3 aromatic carbocycles. The molecule has 3 rings (SSSR count). The van der Waals surface area contributed by atoms with Crippen LogP contribution in [0.15, 0.2) is 60.7 Å². The Hall–Kier alpha value is -1.86. The maximum atomic E-state index is 5.72. The largest absolute Gasteiger partial charge is 0.381 e. The van der Waals surface area contributed by atoms with E-state index in [2.05, 4.69) is 81.4 Å². The minimum atomic E-state index is 0.782. The second-order valence-electron chi connectivity index (χ2n) is 8.78. The number of unbranched alkanes of at least 4 members (excludes halogenated alkanes) is 7. The molecule has 0 saturated carbocycles. The van der Waals surface area contributed by atoms with E-state index in [9.17, 15) is 0 Å². The van der Waals surface area contributed by atoms with Crippen LogP contribution in [0, 0.1) is 5.92 Å². The van der Waals surface area contributed by atoms with Gasteiger partial charge in [-0.3, -0.25) is 0 Å². The highest BCUT2D eigenvalue weighted by molar-refractivity contribution is 5.98. The molecular formula is C30H44O. The number of rotatable bonds is 13. The lowest BCUT2D eigenvalue weighted by Crippen LogP contribution is -2.08. The Morgan fingerprint density at radius 2 is 1.00 bits per heavy atom. The van der Waals surface area contributed by atoms with Crippen LogP contribution in [0.3, 0.4) is 0 Å². The first-order valence-corrected chi connectivity index (χ1v) is 12.7. The van der Waals surface area contributed by atoms with Gasteiger partial charge >= 0.3 is 0 Å². The minimum absolute atomic E-state index is 0.782. The summed E-state index contributed by atoms with van der Waals surface area (Å²) in [7, 11) is 0. The zero-order valence-electron chi connectivity index (χ0n) is 20.2. The molecule has 0 aliphatic heterocycles. The number of hydrogen-bond donors (Lipinski definition) is 0. The molecule has 1 nitrogen and oxygen atoms in total. The molecule has 0 spiro atoms. The van der Waals surface area contributed by atoms with E-state index in [0.717, 1.165) is 19.1 Å². The molecule has 0 N–H and O–H groups in total. The van der Waals surface area contributed by atoms with Gasteiger partial charge in [0, 0.05) is 13.2 Å². The van der Waals surface area contributed by atoms with Gasteiger partial charge in [-0.1, -0.05) is 127 Å². The molecule has 0 heterocycles. The van der Waals surface area contributed by atoms with Crippen molar-refractivity contribution in [2.75, 3.05) is 13.2 Å². The van der Waals surface area contributed by atoms with E-state index in [0.29, 0.717) is 0 Å². The molecule has 0 atom stereocenters. The molecule has 0 bridgehead atoms. The van der Waals surface area contributed by atoms with Gasteiger partial charge in [0.05, 0.1) is 0 Å². The van der Waals surface area contributed by atoms with E-state index in [4.69, 9.17) is 4.74 Å². The van der Waals surface area contributed by atoms with Crippen molar-refractivity contribution < 1.29 is 4.74 Å². The fourth-order valence-electron chi connectivity index (χ4n) is 4.00. The molecule has 0 radical (unpaired) electrons. The van der Waals surface area contributed by atoms with Crippen LogP contribution in [-0.4, -0.2) is 13.2 Å². The smallest absolute Gasteiger partial charge is 0.0494 e. The molecule has 0 fully saturated rings. The van der Waals surface area contributed by atoms with Crippen molar-refractivity contribution >= 4 is 21.5 Å². The lowest BCUT2D eigenvalue weighted by atomic mass is 10.0. The molecule has 0 aromatic heterocycles. The summed E-state index contributed by atoms with van der Waals surface area (Å²) >= 11 is 0. The van der Waals surface area contributed by atoms with Crippen molar-refractivity contribution in [3.05, 3.63) is 60.7 Å². The fourth-order valence-corrected chi connectivity index (χ4v) is 4.00. The first-order chi connectivity index (χ1) is 15.3. The van der Waals surface area contributed by atoms with Gasteiger partial charge in [0.25, 0.3) is 0 Å².